The van der Waals surface area contributed by atoms with Gasteiger partial charge in [-0.15, -0.1) is 0 Å². The zero-order valence-corrected chi connectivity index (χ0v) is 11.2. The van der Waals surface area contributed by atoms with Gasteiger partial charge >= 0.3 is 5.97 Å². The van der Waals surface area contributed by atoms with E-state index in [9.17, 15) is 9.59 Å². The fourth-order valence-corrected chi connectivity index (χ4v) is 2.41. The van der Waals surface area contributed by atoms with Gasteiger partial charge in [-0.05, 0) is 45.3 Å². The molecule has 1 aliphatic heterocycles. The summed E-state index contributed by atoms with van der Waals surface area (Å²) in [5.41, 5.74) is 0. The number of hydrogen-bond acceptors (Lipinski definition) is 3. The van der Waals surface area contributed by atoms with E-state index in [2.05, 4.69) is 10.2 Å². The van der Waals surface area contributed by atoms with Gasteiger partial charge in [0.1, 0.15) is 0 Å². The summed E-state index contributed by atoms with van der Waals surface area (Å²) in [6.07, 6.45) is 4.95. The first-order valence-electron chi connectivity index (χ1n) is 6.79. The Balaban J connectivity index is 2.05. The Hall–Kier alpha value is -1.10. The van der Waals surface area contributed by atoms with Crippen molar-refractivity contribution >= 4 is 11.9 Å². The Kier molecular flexibility index (Phi) is 6.72. The van der Waals surface area contributed by atoms with Gasteiger partial charge < -0.3 is 15.3 Å². The molecule has 104 valence electrons. The Morgan fingerprint density at radius 2 is 1.89 bits per heavy atom. The zero-order valence-electron chi connectivity index (χ0n) is 11.2. The van der Waals surface area contributed by atoms with Crippen LogP contribution in [0.4, 0.5) is 0 Å². The maximum Gasteiger partial charge on any atom is 0.303 e. The average molecular weight is 256 g/mol. The molecule has 0 radical (unpaired) electrons. The number of carboxylic acid groups (broad SMARTS) is 1. The molecule has 1 heterocycles. The third-order valence-electron chi connectivity index (χ3n) is 3.57. The molecule has 0 spiro atoms. The monoisotopic (exact) mass is 256 g/mol. The second kappa shape index (κ2) is 8.08. The number of aliphatic carboxylic acids is 1. The van der Waals surface area contributed by atoms with Crippen LogP contribution in [0.5, 0.6) is 0 Å². The predicted molar refractivity (Wildman–Crippen MR) is 69.3 cm³/mol. The van der Waals surface area contributed by atoms with E-state index in [4.69, 9.17) is 5.11 Å². The molecule has 0 saturated carbocycles. The van der Waals surface area contributed by atoms with Crippen molar-refractivity contribution in [3.63, 3.8) is 0 Å². The first-order valence-corrected chi connectivity index (χ1v) is 6.79. The molecule has 0 aliphatic carbocycles. The standard InChI is InChI=1S/C13H24N2O3/c1-14-13(18)11-6-9-15(10-7-11)8-4-2-3-5-12(16)17/h11H,2-10H2,1H3,(H,14,18)(H,16,17). The second-order valence-electron chi connectivity index (χ2n) is 4.93. The maximum absolute atomic E-state index is 11.5. The fourth-order valence-electron chi connectivity index (χ4n) is 2.41. The number of nitrogens with one attached hydrogen (secondary N) is 1. The van der Waals surface area contributed by atoms with Gasteiger partial charge in [0.05, 0.1) is 0 Å². The summed E-state index contributed by atoms with van der Waals surface area (Å²) in [4.78, 5) is 24.2. The molecule has 1 rings (SSSR count). The van der Waals surface area contributed by atoms with Crippen molar-refractivity contribution in [1.29, 1.82) is 0 Å². The number of carboxylic acids is 1. The highest BCUT2D eigenvalue weighted by Crippen LogP contribution is 2.17. The van der Waals surface area contributed by atoms with Gasteiger partial charge in [0.25, 0.3) is 0 Å². The first kappa shape index (κ1) is 15.0. The van der Waals surface area contributed by atoms with Gasteiger partial charge in [0, 0.05) is 19.4 Å². The molecule has 18 heavy (non-hydrogen) atoms. The largest absolute Gasteiger partial charge is 0.481 e. The first-order chi connectivity index (χ1) is 8.63. The van der Waals surface area contributed by atoms with Crippen LogP contribution in [0.2, 0.25) is 0 Å². The van der Waals surface area contributed by atoms with E-state index in [0.29, 0.717) is 0 Å². The molecule has 1 amide bonds. The quantitative estimate of drug-likeness (QED) is 0.669. The number of likely N-dealkylation sites (tertiary alicyclic amines) is 1. The molecule has 5 nitrogen and oxygen atoms in total. The van der Waals surface area contributed by atoms with Crippen LogP contribution >= 0.6 is 0 Å². The van der Waals surface area contributed by atoms with Crippen molar-refractivity contribution < 1.29 is 14.7 Å². The normalized spacial score (nSPS) is 17.6. The smallest absolute Gasteiger partial charge is 0.303 e. The molecule has 0 aromatic heterocycles. The van der Waals surface area contributed by atoms with Crippen LogP contribution in [0, 0.1) is 5.92 Å². The molecule has 0 bridgehead atoms. The van der Waals surface area contributed by atoms with Crippen molar-refractivity contribution in [3.05, 3.63) is 0 Å². The van der Waals surface area contributed by atoms with Crippen LogP contribution in [0.1, 0.15) is 38.5 Å². The van der Waals surface area contributed by atoms with E-state index < -0.39 is 5.97 Å². The topological polar surface area (TPSA) is 69.6 Å². The Morgan fingerprint density at radius 1 is 1.22 bits per heavy atom. The highest BCUT2D eigenvalue weighted by Gasteiger charge is 2.23. The van der Waals surface area contributed by atoms with Crippen LogP contribution in [-0.4, -0.2) is 48.6 Å². The summed E-state index contributed by atoms with van der Waals surface area (Å²) in [6.45, 7) is 2.99. The minimum absolute atomic E-state index is 0.163. The fraction of sp³-hybridized carbons (Fsp3) is 0.846. The summed E-state index contributed by atoms with van der Waals surface area (Å²) in [5.74, 6) is -0.365. The van der Waals surface area contributed by atoms with E-state index in [1.807, 2.05) is 0 Å². The molecule has 1 saturated heterocycles. The highest BCUT2D eigenvalue weighted by atomic mass is 16.4. The van der Waals surface area contributed by atoms with E-state index >= 15 is 0 Å². The minimum atomic E-state index is -0.707. The lowest BCUT2D eigenvalue weighted by molar-refractivity contribution is -0.137. The number of amides is 1. The van der Waals surface area contributed by atoms with Crippen molar-refractivity contribution in [1.82, 2.24) is 10.2 Å². The number of carbonyl (C=O) groups is 2. The molecular formula is C13H24N2O3. The highest BCUT2D eigenvalue weighted by molar-refractivity contribution is 5.78. The summed E-state index contributed by atoms with van der Waals surface area (Å²) in [6, 6.07) is 0. The molecule has 0 atom stereocenters. The van der Waals surface area contributed by atoms with E-state index in [1.165, 1.54) is 0 Å². The van der Waals surface area contributed by atoms with E-state index in [1.54, 1.807) is 7.05 Å². The number of rotatable bonds is 7. The van der Waals surface area contributed by atoms with Gasteiger partial charge in [-0.3, -0.25) is 9.59 Å². The number of unbranched alkanes of at least 4 members (excludes halogenated alkanes) is 2. The maximum atomic E-state index is 11.5. The van der Waals surface area contributed by atoms with Crippen molar-refractivity contribution in [2.45, 2.75) is 38.5 Å². The molecule has 1 aliphatic rings. The van der Waals surface area contributed by atoms with Gasteiger partial charge in [-0.25, -0.2) is 0 Å². The lowest BCUT2D eigenvalue weighted by atomic mass is 9.96. The molecule has 5 heteroatoms. The Labute approximate surface area is 109 Å². The summed E-state index contributed by atoms with van der Waals surface area (Å²) in [7, 11) is 1.69. The number of nitrogens with zero attached hydrogens (tertiary/aromatic N) is 1. The van der Waals surface area contributed by atoms with Gasteiger partial charge in [-0.2, -0.15) is 0 Å². The van der Waals surface area contributed by atoms with Crippen molar-refractivity contribution in [2.75, 3.05) is 26.7 Å². The van der Waals surface area contributed by atoms with Crippen molar-refractivity contribution in [2.24, 2.45) is 5.92 Å². The molecule has 0 unspecified atom stereocenters. The second-order valence-corrected chi connectivity index (χ2v) is 4.93. The summed E-state index contributed by atoms with van der Waals surface area (Å²) >= 11 is 0. The Bertz CT molecular complexity index is 273. The lowest BCUT2D eigenvalue weighted by Crippen LogP contribution is -2.39. The zero-order chi connectivity index (χ0) is 13.4. The number of hydrogen-bond donors (Lipinski definition) is 2. The summed E-state index contributed by atoms with van der Waals surface area (Å²) in [5, 5.41) is 11.2. The molecule has 1 fully saturated rings. The summed E-state index contributed by atoms with van der Waals surface area (Å²) < 4.78 is 0. The third kappa shape index (κ3) is 5.49. The molecule has 0 aromatic carbocycles. The molecule has 0 aromatic rings. The number of piperidine rings is 1. The molecular weight excluding hydrogens is 232 g/mol. The van der Waals surface area contributed by atoms with Crippen molar-refractivity contribution in [3.8, 4) is 0 Å². The van der Waals surface area contributed by atoms with Crippen LogP contribution in [-0.2, 0) is 9.59 Å². The van der Waals surface area contributed by atoms with E-state index in [0.717, 1.165) is 51.7 Å². The van der Waals surface area contributed by atoms with Crippen LogP contribution in [0.25, 0.3) is 0 Å². The van der Waals surface area contributed by atoms with Gasteiger partial charge in [0.15, 0.2) is 0 Å². The third-order valence-corrected chi connectivity index (χ3v) is 3.57. The SMILES string of the molecule is CNC(=O)C1CCN(CCCCCC(=O)O)CC1. The molecule has 2 N–H and O–H groups in total. The lowest BCUT2D eigenvalue weighted by Gasteiger charge is -2.30. The minimum Gasteiger partial charge on any atom is -0.481 e. The van der Waals surface area contributed by atoms with Crippen LogP contribution < -0.4 is 5.32 Å². The predicted octanol–water partition coefficient (Wildman–Crippen LogP) is 1.09. The number of carbonyl (C=O) groups excluding carboxylic acids is 1. The average Bonchev–Trinajstić information content (AvgIpc) is 2.38. The van der Waals surface area contributed by atoms with Gasteiger partial charge in [-0.1, -0.05) is 6.42 Å². The van der Waals surface area contributed by atoms with Crippen LogP contribution in [0.15, 0.2) is 0 Å². The van der Waals surface area contributed by atoms with E-state index in [-0.39, 0.29) is 18.2 Å². The van der Waals surface area contributed by atoms with Crippen LogP contribution in [0.3, 0.4) is 0 Å². The Morgan fingerprint density at radius 3 is 2.44 bits per heavy atom. The van der Waals surface area contributed by atoms with Gasteiger partial charge in [0.2, 0.25) is 5.91 Å².